The lowest BCUT2D eigenvalue weighted by Crippen LogP contribution is -2.45. The first kappa shape index (κ1) is 14.3. The predicted octanol–water partition coefficient (Wildman–Crippen LogP) is 2.29. The van der Waals surface area contributed by atoms with Gasteiger partial charge in [0.05, 0.1) is 6.61 Å². The summed E-state index contributed by atoms with van der Waals surface area (Å²) in [6.07, 6.45) is 2.26. The largest absolute Gasteiger partial charge is 0.370 e. The van der Waals surface area contributed by atoms with Crippen molar-refractivity contribution in [2.75, 3.05) is 26.2 Å². The Hall–Kier alpha value is -1.07. The number of hydrogen-bond acceptors (Lipinski definition) is 3. The molecule has 0 radical (unpaired) electrons. The van der Waals surface area contributed by atoms with E-state index in [1.54, 1.807) is 6.20 Å². The van der Waals surface area contributed by atoms with Gasteiger partial charge in [-0.1, -0.05) is 0 Å². The van der Waals surface area contributed by atoms with Gasteiger partial charge >= 0.3 is 0 Å². The Kier molecular flexibility index (Phi) is 5.22. The van der Waals surface area contributed by atoms with Crippen LogP contribution in [0.1, 0.15) is 17.5 Å². The van der Waals surface area contributed by atoms with Crippen molar-refractivity contribution >= 4 is 0 Å². The molecule has 1 aliphatic heterocycles. The Labute approximate surface area is 112 Å². The number of halogens is 2. The average molecular weight is 270 g/mol. The second-order valence-corrected chi connectivity index (χ2v) is 4.95. The highest BCUT2D eigenvalue weighted by Gasteiger charge is 2.27. The molecule has 1 fully saturated rings. The Bertz CT molecular complexity index is 401. The molecule has 3 nitrogen and oxygen atoms in total. The molecule has 106 valence electrons. The van der Waals surface area contributed by atoms with Crippen LogP contribution in [0.2, 0.25) is 0 Å². The van der Waals surface area contributed by atoms with Gasteiger partial charge in [-0.3, -0.25) is 9.88 Å². The van der Waals surface area contributed by atoms with Gasteiger partial charge in [0.2, 0.25) is 0 Å². The number of aryl methyl sites for hydroxylation is 2. The summed E-state index contributed by atoms with van der Waals surface area (Å²) in [7, 11) is 0. The molecule has 5 heteroatoms. The molecule has 0 aromatic carbocycles. The average Bonchev–Trinajstić information content (AvgIpc) is 2.41. The minimum Gasteiger partial charge on any atom is -0.370 e. The molecule has 0 spiro atoms. The Morgan fingerprint density at radius 1 is 1.53 bits per heavy atom. The number of rotatable bonds is 5. The van der Waals surface area contributed by atoms with E-state index in [0.717, 1.165) is 25.9 Å². The number of aromatic nitrogens is 1. The Balaban J connectivity index is 1.75. The normalized spacial score (nSPS) is 20.9. The SMILES string of the molecule is Cc1ccncc1CCCN1CCOC(C(F)F)C1. The van der Waals surface area contributed by atoms with Gasteiger partial charge in [0.25, 0.3) is 6.43 Å². The van der Waals surface area contributed by atoms with E-state index in [9.17, 15) is 8.78 Å². The van der Waals surface area contributed by atoms with Crippen LogP contribution in [0.5, 0.6) is 0 Å². The van der Waals surface area contributed by atoms with Crippen molar-refractivity contribution in [1.82, 2.24) is 9.88 Å². The van der Waals surface area contributed by atoms with Crippen molar-refractivity contribution in [3.8, 4) is 0 Å². The fourth-order valence-electron chi connectivity index (χ4n) is 2.34. The highest BCUT2D eigenvalue weighted by molar-refractivity contribution is 5.21. The van der Waals surface area contributed by atoms with Gasteiger partial charge < -0.3 is 4.74 Å². The standard InChI is InChI=1S/C14H20F2N2O/c1-11-4-5-17-9-12(11)3-2-6-18-7-8-19-13(10-18)14(15)16/h4-5,9,13-14H,2-3,6-8,10H2,1H3. The van der Waals surface area contributed by atoms with Crippen molar-refractivity contribution in [2.45, 2.75) is 32.3 Å². The van der Waals surface area contributed by atoms with Crippen LogP contribution in [0.15, 0.2) is 18.5 Å². The molecule has 1 unspecified atom stereocenters. The van der Waals surface area contributed by atoms with Crippen molar-refractivity contribution in [3.63, 3.8) is 0 Å². The van der Waals surface area contributed by atoms with Crippen molar-refractivity contribution < 1.29 is 13.5 Å². The zero-order chi connectivity index (χ0) is 13.7. The third-order valence-corrected chi connectivity index (χ3v) is 3.53. The third-order valence-electron chi connectivity index (χ3n) is 3.53. The molecule has 1 aromatic rings. The molecule has 0 bridgehead atoms. The van der Waals surface area contributed by atoms with E-state index in [1.165, 1.54) is 11.1 Å². The third kappa shape index (κ3) is 4.21. The van der Waals surface area contributed by atoms with Crippen LogP contribution >= 0.6 is 0 Å². The van der Waals surface area contributed by atoms with Gasteiger partial charge in [0.1, 0.15) is 6.10 Å². The fraction of sp³-hybridized carbons (Fsp3) is 0.643. The summed E-state index contributed by atoms with van der Waals surface area (Å²) in [5, 5.41) is 0. The van der Waals surface area contributed by atoms with Crippen LogP contribution in [-0.2, 0) is 11.2 Å². The number of ether oxygens (including phenoxy) is 1. The number of alkyl halides is 2. The van der Waals surface area contributed by atoms with Crippen LogP contribution < -0.4 is 0 Å². The monoisotopic (exact) mass is 270 g/mol. The predicted molar refractivity (Wildman–Crippen MR) is 69.5 cm³/mol. The highest BCUT2D eigenvalue weighted by Crippen LogP contribution is 2.14. The van der Waals surface area contributed by atoms with Gasteiger partial charge in [-0.15, -0.1) is 0 Å². The molecule has 0 saturated carbocycles. The topological polar surface area (TPSA) is 25.4 Å². The van der Waals surface area contributed by atoms with E-state index in [1.807, 2.05) is 12.3 Å². The van der Waals surface area contributed by atoms with E-state index < -0.39 is 12.5 Å². The Morgan fingerprint density at radius 2 is 2.37 bits per heavy atom. The number of pyridine rings is 1. The molecule has 2 heterocycles. The first-order chi connectivity index (χ1) is 9.16. The fourth-order valence-corrected chi connectivity index (χ4v) is 2.34. The van der Waals surface area contributed by atoms with Crippen LogP contribution in [0.4, 0.5) is 8.78 Å². The molecule has 1 aliphatic rings. The van der Waals surface area contributed by atoms with Gasteiger partial charge in [0.15, 0.2) is 0 Å². The minimum atomic E-state index is -2.39. The summed E-state index contributed by atoms with van der Waals surface area (Å²) in [5.41, 5.74) is 2.48. The first-order valence-electron chi connectivity index (χ1n) is 6.68. The van der Waals surface area contributed by atoms with E-state index in [4.69, 9.17) is 4.74 Å². The summed E-state index contributed by atoms with van der Waals surface area (Å²) in [5.74, 6) is 0. The second-order valence-electron chi connectivity index (χ2n) is 4.95. The van der Waals surface area contributed by atoms with E-state index in [2.05, 4.69) is 16.8 Å². The molecule has 2 rings (SSSR count). The molecule has 0 N–H and O–H groups in total. The summed E-state index contributed by atoms with van der Waals surface area (Å²) < 4.78 is 30.2. The minimum absolute atomic E-state index is 0.337. The van der Waals surface area contributed by atoms with Crippen LogP contribution in [0.25, 0.3) is 0 Å². The number of hydrogen-bond donors (Lipinski definition) is 0. The van der Waals surface area contributed by atoms with E-state index in [-0.39, 0.29) is 0 Å². The summed E-state index contributed by atoms with van der Waals surface area (Å²) in [6, 6.07) is 2.00. The van der Waals surface area contributed by atoms with Gasteiger partial charge in [0, 0.05) is 25.5 Å². The van der Waals surface area contributed by atoms with E-state index >= 15 is 0 Å². The molecule has 1 saturated heterocycles. The lowest BCUT2D eigenvalue weighted by atomic mass is 10.1. The van der Waals surface area contributed by atoms with Crippen molar-refractivity contribution in [2.24, 2.45) is 0 Å². The zero-order valence-electron chi connectivity index (χ0n) is 11.2. The molecule has 1 aromatic heterocycles. The summed E-state index contributed by atoms with van der Waals surface area (Å²) in [6.45, 7) is 4.39. The summed E-state index contributed by atoms with van der Waals surface area (Å²) >= 11 is 0. The second kappa shape index (κ2) is 6.91. The molecular formula is C14H20F2N2O. The molecule has 0 aliphatic carbocycles. The van der Waals surface area contributed by atoms with Crippen LogP contribution in [0, 0.1) is 6.92 Å². The molecular weight excluding hydrogens is 250 g/mol. The quantitative estimate of drug-likeness (QED) is 0.821. The molecule has 1 atom stereocenters. The molecule has 0 amide bonds. The van der Waals surface area contributed by atoms with Crippen LogP contribution in [0.3, 0.4) is 0 Å². The maximum atomic E-state index is 12.6. The van der Waals surface area contributed by atoms with Gasteiger partial charge in [-0.05, 0) is 43.5 Å². The number of nitrogens with zero attached hydrogens (tertiary/aromatic N) is 2. The highest BCUT2D eigenvalue weighted by atomic mass is 19.3. The summed E-state index contributed by atoms with van der Waals surface area (Å²) in [4.78, 5) is 6.17. The smallest absolute Gasteiger partial charge is 0.265 e. The van der Waals surface area contributed by atoms with Gasteiger partial charge in [-0.25, -0.2) is 8.78 Å². The molecule has 19 heavy (non-hydrogen) atoms. The first-order valence-corrected chi connectivity index (χ1v) is 6.68. The Morgan fingerprint density at radius 3 is 3.11 bits per heavy atom. The lowest BCUT2D eigenvalue weighted by Gasteiger charge is -2.32. The number of morpholine rings is 1. The van der Waals surface area contributed by atoms with Crippen molar-refractivity contribution in [3.05, 3.63) is 29.6 Å². The zero-order valence-corrected chi connectivity index (χ0v) is 11.2. The lowest BCUT2D eigenvalue weighted by molar-refractivity contribution is -0.102. The maximum absolute atomic E-state index is 12.6. The van der Waals surface area contributed by atoms with Crippen molar-refractivity contribution in [1.29, 1.82) is 0 Å². The van der Waals surface area contributed by atoms with E-state index in [0.29, 0.717) is 13.2 Å². The van der Waals surface area contributed by atoms with Crippen LogP contribution in [-0.4, -0.2) is 48.7 Å². The maximum Gasteiger partial charge on any atom is 0.265 e. The van der Waals surface area contributed by atoms with Gasteiger partial charge in [-0.2, -0.15) is 0 Å².